The normalized spacial score (nSPS) is 14.2. The zero-order valence-electron chi connectivity index (χ0n) is 17.9. The molecule has 8 nitrogen and oxygen atoms in total. The zero-order chi connectivity index (χ0) is 22.9. The largest absolute Gasteiger partial charge is 0.385 e. The van der Waals surface area contributed by atoms with E-state index in [-0.39, 0.29) is 29.7 Å². The first-order chi connectivity index (χ1) is 15.5. The van der Waals surface area contributed by atoms with Crippen LogP contribution in [0.25, 0.3) is 0 Å². The van der Waals surface area contributed by atoms with E-state index in [4.69, 9.17) is 4.74 Å². The van der Waals surface area contributed by atoms with Crippen molar-refractivity contribution in [2.24, 2.45) is 5.92 Å². The average molecular weight is 463 g/mol. The van der Waals surface area contributed by atoms with E-state index in [1.54, 1.807) is 23.5 Å². The summed E-state index contributed by atoms with van der Waals surface area (Å²) in [7, 11) is 1.63. The van der Waals surface area contributed by atoms with Gasteiger partial charge in [0.05, 0.1) is 17.7 Å². The molecule has 0 bridgehead atoms. The molecule has 3 amide bonds. The fraction of sp³-hybridized carbons (Fsp3) is 0.455. The molecular formula is C22H27FN4O4S. The van der Waals surface area contributed by atoms with Crippen molar-refractivity contribution in [1.29, 1.82) is 0 Å². The minimum absolute atomic E-state index is 0.0305. The van der Waals surface area contributed by atoms with E-state index in [0.717, 1.165) is 6.42 Å². The zero-order valence-corrected chi connectivity index (χ0v) is 18.8. The van der Waals surface area contributed by atoms with E-state index in [1.807, 2.05) is 0 Å². The number of nitrogens with zero attached hydrogens (tertiary/aromatic N) is 2. The maximum atomic E-state index is 13.7. The first kappa shape index (κ1) is 23.8. The molecule has 0 saturated carbocycles. The SMILES string of the molecule is COCCCNC(=O)C1CCN(C(=O)Cc2csc(NC(=O)c3ccccc3F)n2)CC1. The van der Waals surface area contributed by atoms with Crippen molar-refractivity contribution < 1.29 is 23.5 Å². The third-order valence-corrected chi connectivity index (χ3v) is 6.07. The molecule has 2 aromatic rings. The molecule has 0 spiro atoms. The summed E-state index contributed by atoms with van der Waals surface area (Å²) in [5.41, 5.74) is 0.479. The Kier molecular flexibility index (Phi) is 8.69. The van der Waals surface area contributed by atoms with Crippen LogP contribution in [-0.2, 0) is 20.7 Å². The first-order valence-corrected chi connectivity index (χ1v) is 11.4. The van der Waals surface area contributed by atoms with Crippen molar-refractivity contribution in [1.82, 2.24) is 15.2 Å². The van der Waals surface area contributed by atoms with Crippen molar-refractivity contribution in [3.05, 3.63) is 46.7 Å². The van der Waals surface area contributed by atoms with Crippen molar-refractivity contribution in [3.8, 4) is 0 Å². The van der Waals surface area contributed by atoms with Crippen LogP contribution in [0.1, 0.15) is 35.3 Å². The topological polar surface area (TPSA) is 101 Å². The molecule has 1 fully saturated rings. The lowest BCUT2D eigenvalue weighted by Crippen LogP contribution is -2.43. The van der Waals surface area contributed by atoms with Crippen molar-refractivity contribution in [2.75, 3.05) is 38.7 Å². The molecule has 1 aliphatic heterocycles. The summed E-state index contributed by atoms with van der Waals surface area (Å²) < 4.78 is 18.7. The Morgan fingerprint density at radius 3 is 2.72 bits per heavy atom. The molecular weight excluding hydrogens is 435 g/mol. The third kappa shape index (κ3) is 6.57. The number of hydrogen-bond donors (Lipinski definition) is 2. The lowest BCUT2D eigenvalue weighted by atomic mass is 9.95. The average Bonchev–Trinajstić information content (AvgIpc) is 3.23. The molecule has 0 atom stereocenters. The van der Waals surface area contributed by atoms with E-state index in [0.29, 0.717) is 49.9 Å². The summed E-state index contributed by atoms with van der Waals surface area (Å²) in [6.45, 7) is 2.25. The minimum Gasteiger partial charge on any atom is -0.385 e. The third-order valence-electron chi connectivity index (χ3n) is 5.27. The number of likely N-dealkylation sites (tertiary alicyclic amines) is 1. The summed E-state index contributed by atoms with van der Waals surface area (Å²) >= 11 is 1.18. The van der Waals surface area contributed by atoms with Gasteiger partial charge in [0.2, 0.25) is 11.8 Å². The summed E-state index contributed by atoms with van der Waals surface area (Å²) in [5, 5.41) is 7.50. The molecule has 1 aliphatic rings. The van der Waals surface area contributed by atoms with Gasteiger partial charge in [-0.1, -0.05) is 12.1 Å². The van der Waals surface area contributed by atoms with E-state index in [1.165, 1.54) is 29.5 Å². The predicted molar refractivity (Wildman–Crippen MR) is 119 cm³/mol. The van der Waals surface area contributed by atoms with Crippen molar-refractivity contribution in [2.45, 2.75) is 25.7 Å². The van der Waals surface area contributed by atoms with Crippen LogP contribution in [0, 0.1) is 11.7 Å². The Morgan fingerprint density at radius 2 is 2.00 bits per heavy atom. The highest BCUT2D eigenvalue weighted by atomic mass is 32.1. The van der Waals surface area contributed by atoms with Crippen LogP contribution in [0.5, 0.6) is 0 Å². The highest BCUT2D eigenvalue weighted by molar-refractivity contribution is 7.14. The van der Waals surface area contributed by atoms with Crippen LogP contribution < -0.4 is 10.6 Å². The maximum Gasteiger partial charge on any atom is 0.260 e. The second-order valence-corrected chi connectivity index (χ2v) is 8.41. The Balaban J connectivity index is 1.44. The summed E-state index contributed by atoms with van der Waals surface area (Å²) in [6.07, 6.45) is 2.14. The lowest BCUT2D eigenvalue weighted by molar-refractivity contribution is -0.135. The standard InChI is InChI=1S/C22H27FN4O4S/c1-31-12-4-9-24-20(29)15-7-10-27(11-8-15)19(28)13-16-14-32-22(25-16)26-21(30)17-5-2-3-6-18(17)23/h2-3,5-6,14-15H,4,7-13H2,1H3,(H,24,29)(H,25,26,30). The molecule has 1 aromatic heterocycles. The van der Waals surface area contributed by atoms with E-state index < -0.39 is 11.7 Å². The van der Waals surface area contributed by atoms with Crippen LogP contribution >= 0.6 is 11.3 Å². The summed E-state index contributed by atoms with van der Waals surface area (Å²) in [4.78, 5) is 43.1. The molecule has 172 valence electrons. The fourth-order valence-electron chi connectivity index (χ4n) is 3.49. The second-order valence-electron chi connectivity index (χ2n) is 7.55. The van der Waals surface area contributed by atoms with Gasteiger partial charge in [-0.15, -0.1) is 11.3 Å². The van der Waals surface area contributed by atoms with Crippen LogP contribution in [0.15, 0.2) is 29.6 Å². The van der Waals surface area contributed by atoms with Gasteiger partial charge in [0, 0.05) is 44.6 Å². The first-order valence-electron chi connectivity index (χ1n) is 10.5. The number of methoxy groups -OCH3 is 1. The van der Waals surface area contributed by atoms with Gasteiger partial charge in [0.25, 0.3) is 5.91 Å². The number of thiazole rings is 1. The van der Waals surface area contributed by atoms with Gasteiger partial charge in [0.15, 0.2) is 5.13 Å². The van der Waals surface area contributed by atoms with Gasteiger partial charge >= 0.3 is 0 Å². The molecule has 1 saturated heterocycles. The van der Waals surface area contributed by atoms with Crippen LogP contribution in [0.4, 0.5) is 9.52 Å². The number of anilines is 1. The minimum atomic E-state index is -0.607. The molecule has 10 heteroatoms. The summed E-state index contributed by atoms with van der Waals surface area (Å²) in [5.74, 6) is -1.31. The van der Waals surface area contributed by atoms with Gasteiger partial charge in [-0.25, -0.2) is 9.37 Å². The van der Waals surface area contributed by atoms with Crippen LogP contribution in [0.3, 0.4) is 0 Å². The number of amides is 3. The number of benzene rings is 1. The van der Waals surface area contributed by atoms with Gasteiger partial charge < -0.3 is 15.0 Å². The molecule has 0 radical (unpaired) electrons. The maximum absolute atomic E-state index is 13.7. The highest BCUT2D eigenvalue weighted by Gasteiger charge is 2.27. The number of aromatic nitrogens is 1. The number of piperidine rings is 1. The van der Waals surface area contributed by atoms with Gasteiger partial charge in [-0.2, -0.15) is 0 Å². The smallest absolute Gasteiger partial charge is 0.260 e. The number of carbonyl (C=O) groups is 3. The van der Waals surface area contributed by atoms with Crippen molar-refractivity contribution >= 4 is 34.2 Å². The Bertz CT molecular complexity index is 944. The monoisotopic (exact) mass is 462 g/mol. The van der Waals surface area contributed by atoms with E-state index >= 15 is 0 Å². The molecule has 2 N–H and O–H groups in total. The molecule has 32 heavy (non-hydrogen) atoms. The summed E-state index contributed by atoms with van der Waals surface area (Å²) in [6, 6.07) is 5.71. The lowest BCUT2D eigenvalue weighted by Gasteiger charge is -2.31. The second kappa shape index (κ2) is 11.7. The Hall–Kier alpha value is -2.85. The molecule has 1 aromatic carbocycles. The van der Waals surface area contributed by atoms with Crippen LogP contribution in [0.2, 0.25) is 0 Å². The van der Waals surface area contributed by atoms with E-state index in [9.17, 15) is 18.8 Å². The Morgan fingerprint density at radius 1 is 1.25 bits per heavy atom. The van der Waals surface area contributed by atoms with Crippen LogP contribution in [-0.4, -0.2) is 61.0 Å². The highest BCUT2D eigenvalue weighted by Crippen LogP contribution is 2.21. The van der Waals surface area contributed by atoms with Gasteiger partial charge in [-0.3, -0.25) is 19.7 Å². The number of nitrogens with one attached hydrogen (secondary N) is 2. The number of halogens is 1. The van der Waals surface area contributed by atoms with Crippen molar-refractivity contribution in [3.63, 3.8) is 0 Å². The number of carbonyl (C=O) groups excluding carboxylic acids is 3. The quantitative estimate of drug-likeness (QED) is 0.558. The molecule has 2 heterocycles. The number of hydrogen-bond acceptors (Lipinski definition) is 6. The molecule has 0 unspecified atom stereocenters. The van der Waals surface area contributed by atoms with Gasteiger partial charge in [0.1, 0.15) is 5.82 Å². The molecule has 3 rings (SSSR count). The number of rotatable bonds is 9. The Labute approximate surface area is 190 Å². The molecule has 0 aliphatic carbocycles. The van der Waals surface area contributed by atoms with Gasteiger partial charge in [-0.05, 0) is 31.4 Å². The fourth-order valence-corrected chi connectivity index (χ4v) is 4.19. The van der Waals surface area contributed by atoms with E-state index in [2.05, 4.69) is 15.6 Å². The predicted octanol–water partition coefficient (Wildman–Crippen LogP) is 2.47. The number of ether oxygens (including phenoxy) is 1.